The standard InChI is InChI=1S/C13H16Cl2N2O/c1-17(9-5-7-16-8-6-9)13(18)10-3-2-4-11(14)12(10)15/h2-4,9,16H,5-8H2,1H3. The molecule has 0 radical (unpaired) electrons. The van der Waals surface area contributed by atoms with Crippen molar-refractivity contribution < 1.29 is 4.79 Å². The number of rotatable bonds is 2. The average Bonchev–Trinajstić information content (AvgIpc) is 2.41. The van der Waals surface area contributed by atoms with Gasteiger partial charge in [0.05, 0.1) is 15.6 Å². The van der Waals surface area contributed by atoms with E-state index in [0.717, 1.165) is 25.9 Å². The third kappa shape index (κ3) is 2.79. The Morgan fingerprint density at radius 3 is 2.67 bits per heavy atom. The lowest BCUT2D eigenvalue weighted by molar-refractivity contribution is 0.0703. The van der Waals surface area contributed by atoms with E-state index in [-0.39, 0.29) is 11.9 Å². The summed E-state index contributed by atoms with van der Waals surface area (Å²) in [5.74, 6) is -0.0607. The van der Waals surface area contributed by atoms with Gasteiger partial charge in [-0.3, -0.25) is 4.79 Å². The second-order valence-corrected chi connectivity index (χ2v) is 5.28. The van der Waals surface area contributed by atoms with Crippen molar-refractivity contribution in [3.05, 3.63) is 33.8 Å². The van der Waals surface area contributed by atoms with Crippen LogP contribution in [0.5, 0.6) is 0 Å². The van der Waals surface area contributed by atoms with Gasteiger partial charge in [-0.1, -0.05) is 29.3 Å². The number of nitrogens with one attached hydrogen (secondary N) is 1. The first kappa shape index (κ1) is 13.7. The summed E-state index contributed by atoms with van der Waals surface area (Å²) in [5.41, 5.74) is 0.477. The Morgan fingerprint density at radius 1 is 1.33 bits per heavy atom. The number of benzene rings is 1. The summed E-state index contributed by atoms with van der Waals surface area (Å²) in [5, 5.41) is 4.04. The molecule has 1 fully saturated rings. The van der Waals surface area contributed by atoms with Crippen LogP contribution in [0.1, 0.15) is 23.2 Å². The molecule has 1 aliphatic heterocycles. The molecule has 1 aromatic rings. The molecule has 18 heavy (non-hydrogen) atoms. The molecule has 0 bridgehead atoms. The van der Waals surface area contributed by atoms with Gasteiger partial charge in [0.25, 0.3) is 5.91 Å². The first-order valence-electron chi connectivity index (χ1n) is 6.03. The fourth-order valence-electron chi connectivity index (χ4n) is 2.22. The van der Waals surface area contributed by atoms with Gasteiger partial charge in [-0.05, 0) is 38.1 Å². The zero-order chi connectivity index (χ0) is 13.1. The van der Waals surface area contributed by atoms with Crippen LogP contribution in [0.3, 0.4) is 0 Å². The third-order valence-corrected chi connectivity index (χ3v) is 4.18. The Labute approximate surface area is 117 Å². The van der Waals surface area contributed by atoms with Crippen molar-refractivity contribution in [1.29, 1.82) is 0 Å². The van der Waals surface area contributed by atoms with Crippen molar-refractivity contribution in [2.45, 2.75) is 18.9 Å². The molecule has 0 aliphatic carbocycles. The van der Waals surface area contributed by atoms with E-state index < -0.39 is 0 Å². The van der Waals surface area contributed by atoms with Crippen molar-refractivity contribution in [1.82, 2.24) is 10.2 Å². The second-order valence-electron chi connectivity index (χ2n) is 4.50. The number of halogens is 2. The summed E-state index contributed by atoms with van der Waals surface area (Å²) in [4.78, 5) is 14.2. The molecule has 1 aromatic carbocycles. The maximum absolute atomic E-state index is 12.4. The summed E-state index contributed by atoms with van der Waals surface area (Å²) < 4.78 is 0. The fourth-order valence-corrected chi connectivity index (χ4v) is 2.60. The molecule has 1 heterocycles. The lowest BCUT2D eigenvalue weighted by Gasteiger charge is -2.32. The first-order valence-corrected chi connectivity index (χ1v) is 6.78. The number of hydrogen-bond donors (Lipinski definition) is 1. The van der Waals surface area contributed by atoms with Gasteiger partial charge in [-0.15, -0.1) is 0 Å². The summed E-state index contributed by atoms with van der Waals surface area (Å²) in [6.07, 6.45) is 1.95. The molecule has 98 valence electrons. The van der Waals surface area contributed by atoms with Gasteiger partial charge >= 0.3 is 0 Å². The van der Waals surface area contributed by atoms with Crippen LogP contribution in [0, 0.1) is 0 Å². The number of amides is 1. The maximum atomic E-state index is 12.4. The number of carbonyl (C=O) groups excluding carboxylic acids is 1. The molecule has 0 spiro atoms. The molecule has 1 amide bonds. The minimum Gasteiger partial charge on any atom is -0.339 e. The molecule has 5 heteroatoms. The number of hydrogen-bond acceptors (Lipinski definition) is 2. The van der Waals surface area contributed by atoms with Gasteiger partial charge < -0.3 is 10.2 Å². The highest BCUT2D eigenvalue weighted by Gasteiger charge is 2.24. The first-order chi connectivity index (χ1) is 8.61. The van der Waals surface area contributed by atoms with E-state index in [9.17, 15) is 4.79 Å². The Morgan fingerprint density at radius 2 is 2.00 bits per heavy atom. The highest BCUT2D eigenvalue weighted by Crippen LogP contribution is 2.27. The van der Waals surface area contributed by atoms with Gasteiger partial charge in [-0.2, -0.15) is 0 Å². The van der Waals surface area contributed by atoms with Gasteiger partial charge in [0, 0.05) is 13.1 Å². The zero-order valence-corrected chi connectivity index (χ0v) is 11.8. The summed E-state index contributed by atoms with van der Waals surface area (Å²) in [7, 11) is 1.83. The van der Waals surface area contributed by atoms with E-state index in [4.69, 9.17) is 23.2 Å². The van der Waals surface area contributed by atoms with E-state index >= 15 is 0 Å². The molecule has 1 N–H and O–H groups in total. The molecule has 0 aromatic heterocycles. The van der Waals surface area contributed by atoms with Crippen LogP contribution >= 0.6 is 23.2 Å². The van der Waals surface area contributed by atoms with E-state index in [0.29, 0.717) is 15.6 Å². The van der Waals surface area contributed by atoms with Gasteiger partial charge in [0.2, 0.25) is 0 Å². The topological polar surface area (TPSA) is 32.3 Å². The van der Waals surface area contributed by atoms with Crippen molar-refractivity contribution in [2.24, 2.45) is 0 Å². The molecule has 3 nitrogen and oxygen atoms in total. The maximum Gasteiger partial charge on any atom is 0.255 e. The molecular weight excluding hydrogens is 271 g/mol. The normalized spacial score (nSPS) is 16.6. The highest BCUT2D eigenvalue weighted by atomic mass is 35.5. The fraction of sp³-hybridized carbons (Fsp3) is 0.462. The predicted octanol–water partition coefficient (Wildman–Crippen LogP) is 2.82. The van der Waals surface area contributed by atoms with Crippen LogP contribution in [-0.4, -0.2) is 37.0 Å². The smallest absolute Gasteiger partial charge is 0.255 e. The van der Waals surface area contributed by atoms with Crippen LogP contribution in [0.4, 0.5) is 0 Å². The molecule has 2 rings (SSSR count). The summed E-state index contributed by atoms with van der Waals surface area (Å²) >= 11 is 12.0. The zero-order valence-electron chi connectivity index (χ0n) is 10.2. The summed E-state index contributed by atoms with van der Waals surface area (Å²) in [6.45, 7) is 1.90. The number of nitrogens with zero attached hydrogens (tertiary/aromatic N) is 1. The van der Waals surface area contributed by atoms with E-state index in [1.54, 1.807) is 23.1 Å². The monoisotopic (exact) mass is 286 g/mol. The van der Waals surface area contributed by atoms with Crippen LogP contribution in [0.2, 0.25) is 10.0 Å². The van der Waals surface area contributed by atoms with Gasteiger partial charge in [0.1, 0.15) is 0 Å². The second kappa shape index (κ2) is 5.91. The lowest BCUT2D eigenvalue weighted by atomic mass is 10.0. The predicted molar refractivity (Wildman–Crippen MR) is 74.4 cm³/mol. The van der Waals surface area contributed by atoms with E-state index in [1.807, 2.05) is 7.05 Å². The molecule has 0 saturated carbocycles. The Bertz CT molecular complexity index is 445. The quantitative estimate of drug-likeness (QED) is 0.907. The Hall–Kier alpha value is -0.770. The highest BCUT2D eigenvalue weighted by molar-refractivity contribution is 6.43. The Kier molecular flexibility index (Phi) is 4.49. The minimum absolute atomic E-state index is 0.0607. The van der Waals surface area contributed by atoms with E-state index in [1.165, 1.54) is 0 Å². The summed E-state index contributed by atoms with van der Waals surface area (Å²) in [6, 6.07) is 5.42. The third-order valence-electron chi connectivity index (χ3n) is 3.36. The number of piperidine rings is 1. The average molecular weight is 287 g/mol. The molecule has 1 saturated heterocycles. The van der Waals surface area contributed by atoms with Crippen LogP contribution < -0.4 is 5.32 Å². The lowest BCUT2D eigenvalue weighted by Crippen LogP contribution is -2.44. The minimum atomic E-state index is -0.0607. The molecule has 1 aliphatic rings. The number of carbonyl (C=O) groups is 1. The van der Waals surface area contributed by atoms with Crippen LogP contribution in [-0.2, 0) is 0 Å². The van der Waals surface area contributed by atoms with Crippen LogP contribution in [0.15, 0.2) is 18.2 Å². The largest absolute Gasteiger partial charge is 0.339 e. The molecule has 0 atom stereocenters. The Balaban J connectivity index is 2.17. The molecule has 0 unspecified atom stereocenters. The van der Waals surface area contributed by atoms with Gasteiger partial charge in [-0.25, -0.2) is 0 Å². The molecular formula is C13H16Cl2N2O. The van der Waals surface area contributed by atoms with Crippen molar-refractivity contribution in [3.63, 3.8) is 0 Å². The van der Waals surface area contributed by atoms with Crippen molar-refractivity contribution in [3.8, 4) is 0 Å². The van der Waals surface area contributed by atoms with Gasteiger partial charge in [0.15, 0.2) is 0 Å². The van der Waals surface area contributed by atoms with Crippen molar-refractivity contribution >= 4 is 29.1 Å². The van der Waals surface area contributed by atoms with Crippen molar-refractivity contribution in [2.75, 3.05) is 20.1 Å². The van der Waals surface area contributed by atoms with Crippen LogP contribution in [0.25, 0.3) is 0 Å². The van der Waals surface area contributed by atoms with E-state index in [2.05, 4.69) is 5.32 Å². The SMILES string of the molecule is CN(C(=O)c1cccc(Cl)c1Cl)C1CCNCC1.